The van der Waals surface area contributed by atoms with Crippen LogP contribution in [0.2, 0.25) is 0 Å². The van der Waals surface area contributed by atoms with E-state index in [0.717, 1.165) is 59.6 Å². The van der Waals surface area contributed by atoms with E-state index >= 15 is 0 Å². The second kappa shape index (κ2) is 13.4. The maximum Gasteiger partial charge on any atom is 0.224 e. The standard InChI is InChI=1S/C33H40N4O2/c1-23(35-22-31(38)29-17-18-32(36-21-29)37-24(2)15-16-25(37)3)19-27-12-7-13-28(20-27)30(33(34)39)14-8-11-26-9-5-4-6-10-26/h4-7,9-10,12-13,15-18,20-21,23,30-31,35,38H,8,11,14,19,22H2,1-3H3,(H2,34,39)/t23-,30?,31+/m1/s1. The molecule has 0 bridgehead atoms. The zero-order chi connectivity index (χ0) is 27.8. The Kier molecular flexibility index (Phi) is 9.69. The zero-order valence-corrected chi connectivity index (χ0v) is 23.2. The number of hydrogen-bond donors (Lipinski definition) is 3. The van der Waals surface area contributed by atoms with Crippen LogP contribution in [0, 0.1) is 13.8 Å². The van der Waals surface area contributed by atoms with E-state index in [9.17, 15) is 9.90 Å². The van der Waals surface area contributed by atoms with E-state index in [4.69, 9.17) is 5.73 Å². The number of nitrogens with zero attached hydrogens (tertiary/aromatic N) is 2. The summed E-state index contributed by atoms with van der Waals surface area (Å²) in [6, 6.07) is 26.6. The van der Waals surface area contributed by atoms with Gasteiger partial charge in [-0.3, -0.25) is 4.79 Å². The van der Waals surface area contributed by atoms with Gasteiger partial charge in [0.15, 0.2) is 0 Å². The van der Waals surface area contributed by atoms with Crippen molar-refractivity contribution in [1.29, 1.82) is 0 Å². The molecule has 1 unspecified atom stereocenters. The van der Waals surface area contributed by atoms with Gasteiger partial charge in [0, 0.05) is 35.7 Å². The first-order valence-electron chi connectivity index (χ1n) is 13.8. The Morgan fingerprint density at radius 2 is 1.67 bits per heavy atom. The monoisotopic (exact) mass is 524 g/mol. The van der Waals surface area contributed by atoms with Crippen LogP contribution < -0.4 is 11.1 Å². The number of nitrogens with one attached hydrogen (secondary N) is 1. The summed E-state index contributed by atoms with van der Waals surface area (Å²) < 4.78 is 2.09. The van der Waals surface area contributed by atoms with Crippen LogP contribution in [-0.4, -0.2) is 33.2 Å². The fraction of sp³-hybridized carbons (Fsp3) is 0.333. The summed E-state index contributed by atoms with van der Waals surface area (Å²) in [5.41, 5.74) is 12.2. The molecule has 0 aliphatic heterocycles. The zero-order valence-electron chi connectivity index (χ0n) is 23.2. The fourth-order valence-corrected chi connectivity index (χ4v) is 5.18. The minimum atomic E-state index is -0.656. The molecule has 4 rings (SSSR count). The quantitative estimate of drug-likeness (QED) is 0.220. The molecule has 0 aliphatic rings. The van der Waals surface area contributed by atoms with Gasteiger partial charge in [-0.1, -0.05) is 60.7 Å². The van der Waals surface area contributed by atoms with Gasteiger partial charge in [0.25, 0.3) is 0 Å². The predicted molar refractivity (Wildman–Crippen MR) is 157 cm³/mol. The van der Waals surface area contributed by atoms with Crippen LogP contribution >= 0.6 is 0 Å². The number of aliphatic hydroxyl groups is 1. The maximum atomic E-state index is 12.3. The highest BCUT2D eigenvalue weighted by molar-refractivity contribution is 5.81. The average molecular weight is 525 g/mol. The first kappa shape index (κ1) is 28.3. The summed E-state index contributed by atoms with van der Waals surface area (Å²) in [6.07, 6.45) is 4.42. The number of aromatic nitrogens is 2. The maximum absolute atomic E-state index is 12.3. The number of nitrogens with two attached hydrogens (primary N) is 1. The van der Waals surface area contributed by atoms with Crippen molar-refractivity contribution in [2.75, 3.05) is 6.54 Å². The number of benzene rings is 2. The lowest BCUT2D eigenvalue weighted by molar-refractivity contribution is -0.119. The lowest BCUT2D eigenvalue weighted by atomic mass is 9.90. The Morgan fingerprint density at radius 1 is 0.949 bits per heavy atom. The number of aliphatic hydroxyl groups excluding tert-OH is 1. The second-order valence-electron chi connectivity index (χ2n) is 10.5. The minimum absolute atomic E-state index is 0.136. The number of rotatable bonds is 13. The van der Waals surface area contributed by atoms with E-state index in [1.54, 1.807) is 6.20 Å². The highest BCUT2D eigenvalue weighted by Crippen LogP contribution is 2.24. The van der Waals surface area contributed by atoms with Crippen LogP contribution in [-0.2, 0) is 17.6 Å². The molecular weight excluding hydrogens is 484 g/mol. The summed E-state index contributed by atoms with van der Waals surface area (Å²) in [4.78, 5) is 16.9. The highest BCUT2D eigenvalue weighted by Gasteiger charge is 2.18. The van der Waals surface area contributed by atoms with Crippen molar-refractivity contribution >= 4 is 5.91 Å². The van der Waals surface area contributed by atoms with Gasteiger partial charge in [0.1, 0.15) is 5.82 Å². The number of aryl methyl sites for hydroxylation is 3. The third-order valence-corrected chi connectivity index (χ3v) is 7.36. The molecule has 6 nitrogen and oxygen atoms in total. The van der Waals surface area contributed by atoms with Gasteiger partial charge >= 0.3 is 0 Å². The minimum Gasteiger partial charge on any atom is -0.387 e. The third kappa shape index (κ3) is 7.65. The number of carbonyl (C=O) groups is 1. The molecule has 204 valence electrons. The smallest absolute Gasteiger partial charge is 0.224 e. The predicted octanol–water partition coefficient (Wildman–Crippen LogP) is 5.34. The molecule has 0 spiro atoms. The van der Waals surface area contributed by atoms with Crippen LogP contribution in [0.25, 0.3) is 5.82 Å². The molecule has 3 atom stereocenters. The van der Waals surface area contributed by atoms with Crippen molar-refractivity contribution in [3.8, 4) is 5.82 Å². The van der Waals surface area contributed by atoms with Gasteiger partial charge in [0.05, 0.1) is 12.0 Å². The average Bonchev–Trinajstić information content (AvgIpc) is 3.27. The summed E-state index contributed by atoms with van der Waals surface area (Å²) in [5, 5.41) is 14.2. The van der Waals surface area contributed by atoms with Crippen LogP contribution in [0.15, 0.2) is 85.1 Å². The molecule has 0 saturated heterocycles. The number of pyridine rings is 1. The molecular formula is C33H40N4O2. The van der Waals surface area contributed by atoms with Gasteiger partial charge in [0.2, 0.25) is 5.91 Å². The summed E-state index contributed by atoms with van der Waals surface area (Å²) >= 11 is 0. The Bertz CT molecular complexity index is 1330. The molecule has 2 aromatic carbocycles. The van der Waals surface area contributed by atoms with Gasteiger partial charge in [-0.2, -0.15) is 0 Å². The van der Waals surface area contributed by atoms with Crippen molar-refractivity contribution in [3.63, 3.8) is 0 Å². The Labute approximate surface area is 231 Å². The molecule has 0 aliphatic carbocycles. The van der Waals surface area contributed by atoms with Crippen molar-refractivity contribution in [2.45, 2.75) is 64.5 Å². The molecule has 0 radical (unpaired) electrons. The molecule has 0 fully saturated rings. The van der Waals surface area contributed by atoms with E-state index in [-0.39, 0.29) is 17.9 Å². The number of primary amides is 1. The normalized spacial score (nSPS) is 13.6. The number of hydrogen-bond acceptors (Lipinski definition) is 4. The van der Waals surface area contributed by atoms with Crippen LogP contribution in [0.1, 0.15) is 65.4 Å². The van der Waals surface area contributed by atoms with Crippen molar-refractivity contribution in [3.05, 3.63) is 119 Å². The molecule has 39 heavy (non-hydrogen) atoms. The largest absolute Gasteiger partial charge is 0.387 e. The molecule has 4 aromatic rings. The van der Waals surface area contributed by atoms with Crippen LogP contribution in [0.5, 0.6) is 0 Å². The summed E-state index contributed by atoms with van der Waals surface area (Å²) in [5.74, 6) is 0.269. The number of carbonyl (C=O) groups excluding carboxylic acids is 1. The topological polar surface area (TPSA) is 93.2 Å². The van der Waals surface area contributed by atoms with Gasteiger partial charge in [-0.15, -0.1) is 0 Å². The molecule has 2 aromatic heterocycles. The van der Waals surface area contributed by atoms with E-state index in [1.807, 2.05) is 42.5 Å². The molecule has 4 N–H and O–H groups in total. The van der Waals surface area contributed by atoms with E-state index < -0.39 is 6.10 Å². The lowest BCUT2D eigenvalue weighted by Crippen LogP contribution is -2.32. The van der Waals surface area contributed by atoms with Gasteiger partial charge < -0.3 is 20.7 Å². The van der Waals surface area contributed by atoms with E-state index in [2.05, 4.69) is 72.0 Å². The fourth-order valence-electron chi connectivity index (χ4n) is 5.18. The lowest BCUT2D eigenvalue weighted by Gasteiger charge is -2.19. The van der Waals surface area contributed by atoms with Crippen molar-refractivity contribution < 1.29 is 9.90 Å². The van der Waals surface area contributed by atoms with E-state index in [1.165, 1.54) is 5.56 Å². The van der Waals surface area contributed by atoms with Crippen LogP contribution in [0.3, 0.4) is 0 Å². The molecule has 2 heterocycles. The first-order chi connectivity index (χ1) is 18.8. The number of amides is 1. The molecule has 0 saturated carbocycles. The summed E-state index contributed by atoms with van der Waals surface area (Å²) in [6.45, 7) is 6.63. The van der Waals surface area contributed by atoms with Gasteiger partial charge in [-0.05, 0) is 81.3 Å². The van der Waals surface area contributed by atoms with Gasteiger partial charge in [-0.25, -0.2) is 4.98 Å². The van der Waals surface area contributed by atoms with Crippen LogP contribution in [0.4, 0.5) is 0 Å². The third-order valence-electron chi connectivity index (χ3n) is 7.36. The Balaban J connectivity index is 1.30. The highest BCUT2D eigenvalue weighted by atomic mass is 16.3. The second-order valence-corrected chi connectivity index (χ2v) is 10.5. The Morgan fingerprint density at radius 3 is 2.33 bits per heavy atom. The van der Waals surface area contributed by atoms with E-state index in [0.29, 0.717) is 6.54 Å². The molecule has 1 amide bonds. The SMILES string of the molecule is Cc1ccc(C)n1-c1ccc([C@@H](O)CN[C@H](C)Cc2cccc(C(CCCc3ccccc3)C(N)=O)c2)cn1. The Hall–Kier alpha value is -3.74. The van der Waals surface area contributed by atoms with Crippen molar-refractivity contribution in [1.82, 2.24) is 14.9 Å². The molecule has 6 heteroatoms. The van der Waals surface area contributed by atoms with Crippen molar-refractivity contribution in [2.24, 2.45) is 5.73 Å². The first-order valence-corrected chi connectivity index (χ1v) is 13.8. The summed E-state index contributed by atoms with van der Waals surface area (Å²) in [7, 11) is 0.